The molecule has 0 radical (unpaired) electrons. The van der Waals surface area contributed by atoms with Gasteiger partial charge in [-0.15, -0.1) is 0 Å². The number of benzene rings is 3. The number of halogens is 1. The summed E-state index contributed by atoms with van der Waals surface area (Å²) in [5.74, 6) is 1.21. The van der Waals surface area contributed by atoms with Gasteiger partial charge in [0.15, 0.2) is 0 Å². The van der Waals surface area contributed by atoms with Crippen molar-refractivity contribution in [2.75, 3.05) is 38.8 Å². The molecular weight excluding hydrogens is 754 g/mol. The summed E-state index contributed by atoms with van der Waals surface area (Å²) in [4.78, 5) is 60.4. The van der Waals surface area contributed by atoms with E-state index >= 15 is 0 Å². The maximum Gasteiger partial charge on any atom is 0.329 e. The third-order valence-electron chi connectivity index (χ3n) is 12.9. The topological polar surface area (TPSA) is 133 Å². The number of imide groups is 1. The number of nitrogens with zero attached hydrogens (tertiary/aromatic N) is 6. The molecule has 2 saturated heterocycles. The van der Waals surface area contributed by atoms with Crippen molar-refractivity contribution in [3.63, 3.8) is 0 Å². The van der Waals surface area contributed by atoms with Crippen LogP contribution in [0, 0.1) is 0 Å². The molecule has 1 atom stereocenters. The van der Waals surface area contributed by atoms with Crippen LogP contribution in [-0.2, 0) is 42.2 Å². The van der Waals surface area contributed by atoms with Crippen LogP contribution >= 0.6 is 0 Å². The first-order chi connectivity index (χ1) is 28.5. The minimum absolute atomic E-state index is 0.0133. The lowest BCUT2D eigenvalue weighted by atomic mass is 9.84. The number of aromatic nitrogens is 4. The number of carbonyl (C=O) groups excluding carboxylic acids is 2. The smallest absolute Gasteiger partial charge is 0.329 e. The summed E-state index contributed by atoms with van der Waals surface area (Å²) in [6, 6.07) is 17.5. The SMILES string of the molecule is COc1cc(-c2cn(C)c(=O)c3cnc(N4CC(F)C4)cc23)cc(OC)c1CN1Cc2ccc(-c3cccc4c3n(C)c(=O)n4C3CCC(=O)NC3=O)cc2C2(CC2)C1. The van der Waals surface area contributed by atoms with Crippen LogP contribution in [0.2, 0.25) is 0 Å². The van der Waals surface area contributed by atoms with E-state index in [-0.39, 0.29) is 48.5 Å². The predicted octanol–water partition coefficient (Wildman–Crippen LogP) is 5.12. The summed E-state index contributed by atoms with van der Waals surface area (Å²) in [7, 11) is 6.77. The highest BCUT2D eigenvalue weighted by Crippen LogP contribution is 2.54. The molecule has 10 rings (SSSR count). The number of alkyl halides is 1. The van der Waals surface area contributed by atoms with Crippen molar-refractivity contribution < 1.29 is 23.5 Å². The van der Waals surface area contributed by atoms with E-state index in [0.29, 0.717) is 34.8 Å². The van der Waals surface area contributed by atoms with Crippen molar-refractivity contribution in [3.05, 3.63) is 105 Å². The second kappa shape index (κ2) is 13.7. The largest absolute Gasteiger partial charge is 0.496 e. The number of rotatable bonds is 8. The zero-order valence-corrected chi connectivity index (χ0v) is 33.4. The van der Waals surface area contributed by atoms with Crippen LogP contribution < -0.4 is 30.9 Å². The average Bonchev–Trinajstić information content (AvgIpc) is 3.95. The lowest BCUT2D eigenvalue weighted by molar-refractivity contribution is -0.135. The maximum atomic E-state index is 13.8. The van der Waals surface area contributed by atoms with Gasteiger partial charge in [-0.25, -0.2) is 14.2 Å². The molecule has 0 bridgehead atoms. The van der Waals surface area contributed by atoms with Crippen LogP contribution in [0.25, 0.3) is 44.1 Å². The third kappa shape index (κ3) is 5.94. The molecule has 2 amide bonds. The van der Waals surface area contributed by atoms with Gasteiger partial charge >= 0.3 is 5.69 Å². The van der Waals surface area contributed by atoms with Gasteiger partial charge in [0.05, 0.1) is 49.3 Å². The van der Waals surface area contributed by atoms with Crippen molar-refractivity contribution in [1.29, 1.82) is 0 Å². The molecule has 1 N–H and O–H groups in total. The molecule has 1 unspecified atom stereocenters. The number of pyridine rings is 2. The second-order valence-corrected chi connectivity index (χ2v) is 16.6. The standard InChI is InChI=1S/C45H44FN7O6/c1-49-22-32(30-17-39(52-20-28(46)21-52)47-18-31(30)43(49)56)27-15-37(58-3)33(38(16-27)59-4)23-51-19-26-9-8-25(14-34(26)45(24-51)12-13-45)29-6-5-7-35-41(29)50(2)44(57)53(35)36-10-11-40(54)48-42(36)55/h5-9,14-18,22,28,36H,10-13,19-21,23-24H2,1-4H3,(H,48,54,55). The quantitative estimate of drug-likeness (QED) is 0.209. The van der Waals surface area contributed by atoms with E-state index in [1.54, 1.807) is 43.6 Å². The van der Waals surface area contributed by atoms with Crippen LogP contribution in [0.5, 0.6) is 11.5 Å². The van der Waals surface area contributed by atoms with Gasteiger partial charge in [-0.1, -0.05) is 30.3 Å². The highest BCUT2D eigenvalue weighted by Gasteiger charge is 2.49. The van der Waals surface area contributed by atoms with E-state index in [1.165, 1.54) is 15.7 Å². The Bertz CT molecular complexity index is 2860. The first kappa shape index (κ1) is 37.0. The number of carbonyl (C=O) groups is 2. The Hall–Kier alpha value is -6.28. The molecule has 1 aliphatic carbocycles. The molecule has 6 heterocycles. The van der Waals surface area contributed by atoms with Crippen molar-refractivity contribution in [1.82, 2.24) is 28.9 Å². The normalized spacial score (nSPS) is 18.9. The molecule has 3 aliphatic heterocycles. The molecule has 14 heteroatoms. The molecule has 3 aromatic heterocycles. The zero-order chi connectivity index (χ0) is 40.9. The number of imidazole rings is 1. The number of aryl methyl sites for hydroxylation is 2. The Labute approximate surface area is 338 Å². The summed E-state index contributed by atoms with van der Waals surface area (Å²) in [6.45, 7) is 2.72. The van der Waals surface area contributed by atoms with E-state index < -0.39 is 18.1 Å². The highest BCUT2D eigenvalue weighted by molar-refractivity contribution is 6.01. The van der Waals surface area contributed by atoms with Crippen LogP contribution in [0.3, 0.4) is 0 Å². The molecule has 4 aliphatic rings. The summed E-state index contributed by atoms with van der Waals surface area (Å²) < 4.78 is 30.6. The Morgan fingerprint density at radius 3 is 2.37 bits per heavy atom. The fraction of sp³-hybridized carbons (Fsp3) is 0.356. The van der Waals surface area contributed by atoms with E-state index in [1.807, 2.05) is 47.5 Å². The maximum absolute atomic E-state index is 13.8. The van der Waals surface area contributed by atoms with Crippen LogP contribution in [0.15, 0.2) is 76.6 Å². The lowest BCUT2D eigenvalue weighted by Crippen LogP contribution is -2.48. The van der Waals surface area contributed by atoms with Gasteiger partial charge in [-0.2, -0.15) is 0 Å². The number of hydrogen-bond donors (Lipinski definition) is 1. The van der Waals surface area contributed by atoms with Crippen LogP contribution in [-0.4, -0.2) is 75.4 Å². The van der Waals surface area contributed by atoms with Crippen molar-refractivity contribution in [2.24, 2.45) is 14.1 Å². The lowest BCUT2D eigenvalue weighted by Gasteiger charge is -2.36. The monoisotopic (exact) mass is 797 g/mol. The first-order valence-electron chi connectivity index (χ1n) is 20.0. The Morgan fingerprint density at radius 1 is 0.915 bits per heavy atom. The van der Waals surface area contributed by atoms with Gasteiger partial charge < -0.3 is 18.9 Å². The van der Waals surface area contributed by atoms with Gasteiger partial charge in [-0.3, -0.25) is 33.7 Å². The average molecular weight is 798 g/mol. The molecule has 1 saturated carbocycles. The number of piperidine rings is 1. The van der Waals surface area contributed by atoms with Crippen molar-refractivity contribution in [2.45, 2.75) is 56.4 Å². The van der Waals surface area contributed by atoms with Gasteiger partial charge in [0.2, 0.25) is 11.8 Å². The summed E-state index contributed by atoms with van der Waals surface area (Å²) in [6.07, 6.45) is 5.09. The summed E-state index contributed by atoms with van der Waals surface area (Å²) in [5, 5.41) is 3.60. The van der Waals surface area contributed by atoms with Crippen molar-refractivity contribution in [3.8, 4) is 33.8 Å². The minimum Gasteiger partial charge on any atom is -0.496 e. The van der Waals surface area contributed by atoms with Gasteiger partial charge in [0.25, 0.3) is 5.56 Å². The molecule has 6 aromatic rings. The highest BCUT2D eigenvalue weighted by atomic mass is 19.1. The van der Waals surface area contributed by atoms with E-state index in [0.717, 1.165) is 64.7 Å². The number of amides is 2. The fourth-order valence-corrected chi connectivity index (χ4v) is 9.66. The predicted molar refractivity (Wildman–Crippen MR) is 222 cm³/mol. The Morgan fingerprint density at radius 2 is 1.68 bits per heavy atom. The van der Waals surface area contributed by atoms with E-state index in [4.69, 9.17) is 9.47 Å². The van der Waals surface area contributed by atoms with E-state index in [9.17, 15) is 23.6 Å². The first-order valence-corrected chi connectivity index (χ1v) is 20.0. The summed E-state index contributed by atoms with van der Waals surface area (Å²) in [5.41, 5.74) is 8.00. The third-order valence-corrected chi connectivity index (χ3v) is 12.9. The number of fused-ring (bicyclic) bond motifs is 4. The molecule has 3 aromatic carbocycles. The number of para-hydroxylation sites is 1. The van der Waals surface area contributed by atoms with Gasteiger partial charge in [0.1, 0.15) is 29.5 Å². The number of anilines is 1. The molecule has 1 spiro atoms. The number of hydrogen-bond acceptors (Lipinski definition) is 9. The van der Waals surface area contributed by atoms with Crippen molar-refractivity contribution >= 4 is 39.4 Å². The number of methoxy groups -OCH3 is 2. The Kier molecular flexibility index (Phi) is 8.57. The Balaban J connectivity index is 0.974. The molecule has 302 valence electrons. The molecule has 59 heavy (non-hydrogen) atoms. The van der Waals surface area contributed by atoms with Gasteiger partial charge in [-0.05, 0) is 65.8 Å². The fourth-order valence-electron chi connectivity index (χ4n) is 9.66. The van der Waals surface area contributed by atoms with Crippen LogP contribution in [0.1, 0.15) is 48.4 Å². The number of nitrogens with one attached hydrogen (secondary N) is 1. The summed E-state index contributed by atoms with van der Waals surface area (Å²) >= 11 is 0. The zero-order valence-electron chi connectivity index (χ0n) is 33.4. The van der Waals surface area contributed by atoms with Crippen LogP contribution in [0.4, 0.5) is 10.2 Å². The number of ether oxygens (including phenoxy) is 2. The minimum atomic E-state index is -0.885. The molecule has 13 nitrogen and oxygen atoms in total. The second-order valence-electron chi connectivity index (χ2n) is 16.6. The van der Waals surface area contributed by atoms with E-state index in [2.05, 4.69) is 33.4 Å². The molecular formula is C45H44FN7O6. The molecule has 3 fully saturated rings. The van der Waals surface area contributed by atoms with Gasteiger partial charge in [0, 0.05) is 74.5 Å².